The number of fused-ring (bicyclic) bond motifs is 1. The second-order valence-electron chi connectivity index (χ2n) is 5.01. The molecule has 2 heterocycles. The number of halogens is 2. The zero-order valence-electron chi connectivity index (χ0n) is 13.0. The van der Waals surface area contributed by atoms with E-state index in [9.17, 15) is 4.79 Å². The first-order valence-corrected chi connectivity index (χ1v) is 9.13. The molecule has 0 saturated heterocycles. The van der Waals surface area contributed by atoms with Crippen molar-refractivity contribution in [3.05, 3.63) is 46.6 Å². The van der Waals surface area contributed by atoms with Gasteiger partial charge in [0, 0.05) is 11.2 Å². The van der Waals surface area contributed by atoms with Gasteiger partial charge < -0.3 is 15.0 Å². The monoisotopic (exact) mass is 396 g/mol. The second kappa shape index (κ2) is 8.42. The van der Waals surface area contributed by atoms with Crippen LogP contribution in [0.1, 0.15) is 0 Å². The van der Waals surface area contributed by atoms with E-state index in [0.717, 1.165) is 5.52 Å². The van der Waals surface area contributed by atoms with Gasteiger partial charge in [-0.2, -0.15) is 0 Å². The number of nitrogens with zero attached hydrogens (tertiary/aromatic N) is 2. The molecular weight excluding hydrogens is 383 g/mol. The summed E-state index contributed by atoms with van der Waals surface area (Å²) in [7, 11) is 0. The zero-order chi connectivity index (χ0) is 17.6. The summed E-state index contributed by atoms with van der Waals surface area (Å²) in [6, 6.07) is 8.81. The Labute approximate surface area is 158 Å². The molecule has 0 aliphatic carbocycles. The van der Waals surface area contributed by atoms with Gasteiger partial charge in [0.2, 0.25) is 5.91 Å². The van der Waals surface area contributed by atoms with Crippen LogP contribution in [0.2, 0.25) is 10.0 Å². The minimum Gasteiger partial charge on any atom is -0.492 e. The fraction of sp³-hybridized carbons (Fsp3) is 0.188. The topological polar surface area (TPSA) is 79.9 Å². The van der Waals surface area contributed by atoms with Crippen LogP contribution >= 0.6 is 35.0 Å². The molecule has 0 aliphatic rings. The highest BCUT2D eigenvalue weighted by molar-refractivity contribution is 7.99. The summed E-state index contributed by atoms with van der Waals surface area (Å²) in [6.07, 6.45) is 1.53. The Hall–Kier alpha value is -1.96. The molecule has 0 saturated carbocycles. The summed E-state index contributed by atoms with van der Waals surface area (Å²) in [4.78, 5) is 23.3. The van der Waals surface area contributed by atoms with Gasteiger partial charge in [-0.25, -0.2) is 9.97 Å². The van der Waals surface area contributed by atoms with Gasteiger partial charge in [0.05, 0.1) is 22.8 Å². The second-order valence-corrected chi connectivity index (χ2v) is 6.84. The molecule has 0 atom stereocenters. The molecule has 1 amide bonds. The molecule has 0 fully saturated rings. The molecule has 25 heavy (non-hydrogen) atoms. The highest BCUT2D eigenvalue weighted by atomic mass is 35.5. The molecule has 2 aromatic heterocycles. The molecule has 9 heteroatoms. The SMILES string of the molecule is O=C(CSc1nc2ncc(Cl)cc2[nH]1)NCCOc1ccc(Cl)cc1. The van der Waals surface area contributed by atoms with Crippen molar-refractivity contribution in [1.29, 1.82) is 0 Å². The summed E-state index contributed by atoms with van der Waals surface area (Å²) in [5.41, 5.74) is 1.32. The number of carbonyl (C=O) groups is 1. The van der Waals surface area contributed by atoms with E-state index in [2.05, 4.69) is 20.3 Å². The van der Waals surface area contributed by atoms with Crippen molar-refractivity contribution in [2.45, 2.75) is 5.16 Å². The number of pyridine rings is 1. The van der Waals surface area contributed by atoms with Crippen molar-refractivity contribution in [2.24, 2.45) is 0 Å². The number of H-pyrrole nitrogens is 1. The third-order valence-electron chi connectivity index (χ3n) is 3.13. The van der Waals surface area contributed by atoms with Crippen LogP contribution < -0.4 is 10.1 Å². The van der Waals surface area contributed by atoms with E-state index >= 15 is 0 Å². The Balaban J connectivity index is 1.39. The first kappa shape index (κ1) is 17.8. The Morgan fingerprint density at radius 1 is 1.24 bits per heavy atom. The third-order valence-corrected chi connectivity index (χ3v) is 4.46. The summed E-state index contributed by atoms with van der Waals surface area (Å²) in [6.45, 7) is 0.796. The van der Waals surface area contributed by atoms with Crippen LogP contribution in [0.4, 0.5) is 0 Å². The molecule has 0 bridgehead atoms. The predicted molar refractivity (Wildman–Crippen MR) is 99.6 cm³/mol. The fourth-order valence-corrected chi connectivity index (χ4v) is 2.98. The van der Waals surface area contributed by atoms with E-state index in [1.165, 1.54) is 18.0 Å². The molecule has 0 spiro atoms. The lowest BCUT2D eigenvalue weighted by atomic mass is 10.3. The molecule has 6 nitrogen and oxygen atoms in total. The molecule has 0 radical (unpaired) electrons. The van der Waals surface area contributed by atoms with Crippen LogP contribution in [-0.4, -0.2) is 39.8 Å². The van der Waals surface area contributed by atoms with Crippen LogP contribution in [0.15, 0.2) is 41.7 Å². The van der Waals surface area contributed by atoms with E-state index in [4.69, 9.17) is 27.9 Å². The van der Waals surface area contributed by atoms with Gasteiger partial charge >= 0.3 is 0 Å². The number of hydrogen-bond donors (Lipinski definition) is 2. The standard InChI is InChI=1S/C16H14Cl2N4O2S/c17-10-1-3-12(4-2-10)24-6-5-19-14(23)9-25-16-21-13-7-11(18)8-20-15(13)22-16/h1-4,7-8H,5-6,9H2,(H,19,23)(H,20,21,22). The first-order valence-electron chi connectivity index (χ1n) is 7.39. The van der Waals surface area contributed by atoms with Crippen LogP contribution in [0, 0.1) is 0 Å². The maximum absolute atomic E-state index is 11.9. The van der Waals surface area contributed by atoms with Crippen molar-refractivity contribution in [3.8, 4) is 5.75 Å². The molecule has 3 aromatic rings. The van der Waals surface area contributed by atoms with Gasteiger partial charge in [0.1, 0.15) is 12.4 Å². The maximum atomic E-state index is 11.9. The van der Waals surface area contributed by atoms with E-state index in [0.29, 0.717) is 39.8 Å². The minimum absolute atomic E-state index is 0.101. The number of rotatable bonds is 7. The third kappa shape index (κ3) is 5.26. The van der Waals surface area contributed by atoms with Crippen LogP contribution in [0.5, 0.6) is 5.75 Å². The number of benzene rings is 1. The highest BCUT2D eigenvalue weighted by Crippen LogP contribution is 2.20. The highest BCUT2D eigenvalue weighted by Gasteiger charge is 2.08. The Morgan fingerprint density at radius 2 is 2.04 bits per heavy atom. The molecule has 0 aliphatic heterocycles. The molecule has 0 unspecified atom stereocenters. The van der Waals surface area contributed by atoms with Gasteiger partial charge in [-0.1, -0.05) is 35.0 Å². The molecule has 130 valence electrons. The number of nitrogens with one attached hydrogen (secondary N) is 2. The van der Waals surface area contributed by atoms with E-state index < -0.39 is 0 Å². The van der Waals surface area contributed by atoms with Crippen molar-refractivity contribution >= 4 is 52.0 Å². The molecule has 3 rings (SSSR count). The lowest BCUT2D eigenvalue weighted by molar-refractivity contribution is -0.118. The summed E-state index contributed by atoms with van der Waals surface area (Å²) < 4.78 is 5.51. The van der Waals surface area contributed by atoms with E-state index in [1.807, 2.05) is 0 Å². The van der Waals surface area contributed by atoms with Crippen LogP contribution in [0.3, 0.4) is 0 Å². The van der Waals surface area contributed by atoms with Gasteiger partial charge in [-0.15, -0.1) is 0 Å². The molecule has 2 N–H and O–H groups in total. The van der Waals surface area contributed by atoms with Crippen molar-refractivity contribution in [2.75, 3.05) is 18.9 Å². The molecule has 1 aromatic carbocycles. The number of hydrogen-bond acceptors (Lipinski definition) is 5. The normalized spacial score (nSPS) is 10.8. The van der Waals surface area contributed by atoms with Gasteiger partial charge in [0.25, 0.3) is 0 Å². The number of carbonyl (C=O) groups excluding carboxylic acids is 1. The predicted octanol–water partition coefficient (Wildman–Crippen LogP) is 3.55. The summed E-state index contributed by atoms with van der Waals surface area (Å²) in [5, 5.41) is 4.60. The molecular formula is C16H14Cl2N4O2S. The average Bonchev–Trinajstić information content (AvgIpc) is 3.00. The quantitative estimate of drug-likeness (QED) is 0.471. The number of thioether (sulfide) groups is 1. The first-order chi connectivity index (χ1) is 12.1. The lowest BCUT2D eigenvalue weighted by Crippen LogP contribution is -2.29. The minimum atomic E-state index is -0.101. The zero-order valence-corrected chi connectivity index (χ0v) is 15.3. The van der Waals surface area contributed by atoms with Gasteiger partial charge in [-0.05, 0) is 30.3 Å². The van der Waals surface area contributed by atoms with Crippen LogP contribution in [-0.2, 0) is 4.79 Å². The van der Waals surface area contributed by atoms with Crippen molar-refractivity contribution in [1.82, 2.24) is 20.3 Å². The largest absolute Gasteiger partial charge is 0.492 e. The summed E-state index contributed by atoms with van der Waals surface area (Å²) in [5.74, 6) is 0.853. The maximum Gasteiger partial charge on any atom is 0.230 e. The van der Waals surface area contributed by atoms with Crippen molar-refractivity contribution in [3.63, 3.8) is 0 Å². The van der Waals surface area contributed by atoms with E-state index in [-0.39, 0.29) is 11.7 Å². The average molecular weight is 397 g/mol. The number of ether oxygens (including phenoxy) is 1. The number of imidazole rings is 1. The van der Waals surface area contributed by atoms with Crippen LogP contribution in [0.25, 0.3) is 11.2 Å². The number of aromatic amines is 1. The summed E-state index contributed by atoms with van der Waals surface area (Å²) >= 11 is 13.0. The van der Waals surface area contributed by atoms with Gasteiger partial charge in [-0.3, -0.25) is 4.79 Å². The van der Waals surface area contributed by atoms with E-state index in [1.54, 1.807) is 30.3 Å². The lowest BCUT2D eigenvalue weighted by Gasteiger charge is -2.07. The number of amides is 1. The Kier molecular flexibility index (Phi) is 6.01. The van der Waals surface area contributed by atoms with Crippen molar-refractivity contribution < 1.29 is 9.53 Å². The fourth-order valence-electron chi connectivity index (χ4n) is 2.00. The smallest absolute Gasteiger partial charge is 0.230 e. The number of aromatic nitrogens is 3. The Bertz CT molecular complexity index is 870. The Morgan fingerprint density at radius 3 is 2.84 bits per heavy atom. The van der Waals surface area contributed by atoms with Gasteiger partial charge in [0.15, 0.2) is 10.8 Å².